The Kier molecular flexibility index (Phi) is 3.65. The molecule has 7 heteroatoms. The highest BCUT2D eigenvalue weighted by atomic mass is 32.2. The summed E-state index contributed by atoms with van der Waals surface area (Å²) in [6, 6.07) is 8.04. The molecule has 0 saturated heterocycles. The molecule has 118 valence electrons. The number of aromatic amines is 1. The Hall–Kier alpha value is -2.15. The molecule has 6 nitrogen and oxygen atoms in total. The number of hydrogen-bond acceptors (Lipinski definition) is 6. The summed E-state index contributed by atoms with van der Waals surface area (Å²) in [7, 11) is 0. The van der Waals surface area contributed by atoms with Crippen LogP contribution in [0.4, 0.5) is 0 Å². The Morgan fingerprint density at radius 1 is 1.22 bits per heavy atom. The minimum absolute atomic E-state index is 0.00421. The van der Waals surface area contributed by atoms with Crippen LogP contribution in [-0.2, 0) is 0 Å². The van der Waals surface area contributed by atoms with E-state index in [-0.39, 0.29) is 5.25 Å². The van der Waals surface area contributed by atoms with Crippen LogP contribution in [-0.4, -0.2) is 25.4 Å². The second-order valence-electron chi connectivity index (χ2n) is 5.85. The molecular weight excluding hydrogens is 310 g/mol. The third-order valence-corrected chi connectivity index (χ3v) is 4.76. The maximum absolute atomic E-state index is 5.80. The number of thioether (sulfide) groups is 1. The number of aromatic nitrogens is 5. The predicted octanol–water partition coefficient (Wildman–Crippen LogP) is 3.89. The van der Waals surface area contributed by atoms with Crippen LogP contribution in [0.5, 0.6) is 0 Å². The van der Waals surface area contributed by atoms with Gasteiger partial charge >= 0.3 is 0 Å². The molecule has 1 N–H and O–H groups in total. The van der Waals surface area contributed by atoms with Crippen molar-refractivity contribution in [2.45, 2.75) is 43.0 Å². The molecule has 0 bridgehead atoms. The van der Waals surface area contributed by atoms with Crippen LogP contribution in [0.15, 0.2) is 33.8 Å². The van der Waals surface area contributed by atoms with Crippen LogP contribution in [0.3, 0.4) is 0 Å². The Balaban J connectivity index is 1.47. The quantitative estimate of drug-likeness (QED) is 0.716. The highest BCUT2D eigenvalue weighted by Crippen LogP contribution is 2.39. The van der Waals surface area contributed by atoms with E-state index in [0.717, 1.165) is 16.5 Å². The molecule has 0 spiro atoms. The van der Waals surface area contributed by atoms with Crippen molar-refractivity contribution < 1.29 is 4.42 Å². The zero-order chi connectivity index (χ0) is 15.8. The molecule has 3 aromatic rings. The lowest BCUT2D eigenvalue weighted by Gasteiger charge is -2.02. The van der Waals surface area contributed by atoms with E-state index in [1.54, 1.807) is 0 Å². The monoisotopic (exact) mass is 327 g/mol. The molecule has 1 atom stereocenters. The number of nitrogens with one attached hydrogen (secondary N) is 1. The van der Waals surface area contributed by atoms with E-state index >= 15 is 0 Å². The van der Waals surface area contributed by atoms with E-state index < -0.39 is 0 Å². The molecule has 23 heavy (non-hydrogen) atoms. The van der Waals surface area contributed by atoms with Crippen molar-refractivity contribution in [3.63, 3.8) is 0 Å². The molecule has 1 aromatic carbocycles. The molecular formula is C16H17N5OS. The fourth-order valence-electron chi connectivity index (χ4n) is 2.27. The van der Waals surface area contributed by atoms with Crippen LogP contribution in [0.2, 0.25) is 0 Å². The molecule has 0 amide bonds. The van der Waals surface area contributed by atoms with Gasteiger partial charge in [-0.1, -0.05) is 29.5 Å². The number of nitrogens with zero attached hydrogens (tertiary/aromatic N) is 4. The third-order valence-electron chi connectivity index (χ3n) is 3.82. The van der Waals surface area contributed by atoms with Crippen molar-refractivity contribution in [3.05, 3.63) is 41.5 Å². The van der Waals surface area contributed by atoms with Crippen molar-refractivity contribution in [3.8, 4) is 11.5 Å². The van der Waals surface area contributed by atoms with Gasteiger partial charge in [0, 0.05) is 11.5 Å². The van der Waals surface area contributed by atoms with Gasteiger partial charge in [-0.25, -0.2) is 4.98 Å². The van der Waals surface area contributed by atoms with Crippen molar-refractivity contribution in [1.82, 2.24) is 25.4 Å². The first-order valence-corrected chi connectivity index (χ1v) is 8.56. The fourth-order valence-corrected chi connectivity index (χ4v) is 3.03. The lowest BCUT2D eigenvalue weighted by Crippen LogP contribution is -1.89. The van der Waals surface area contributed by atoms with Gasteiger partial charge in [0.2, 0.25) is 16.9 Å². The highest BCUT2D eigenvalue weighted by molar-refractivity contribution is 7.99. The molecule has 1 unspecified atom stereocenters. The topological polar surface area (TPSA) is 80.5 Å². The zero-order valence-electron chi connectivity index (χ0n) is 13.0. The van der Waals surface area contributed by atoms with Gasteiger partial charge in [0.1, 0.15) is 5.82 Å². The van der Waals surface area contributed by atoms with Gasteiger partial charge in [-0.3, -0.25) is 5.10 Å². The molecule has 1 fully saturated rings. The van der Waals surface area contributed by atoms with Gasteiger partial charge in [-0.05, 0) is 38.8 Å². The number of hydrogen-bond donors (Lipinski definition) is 1. The zero-order valence-corrected chi connectivity index (χ0v) is 13.8. The fraction of sp³-hybridized carbons (Fsp3) is 0.375. The van der Waals surface area contributed by atoms with Crippen LogP contribution >= 0.6 is 11.8 Å². The lowest BCUT2D eigenvalue weighted by molar-refractivity contribution is 0.509. The van der Waals surface area contributed by atoms with Gasteiger partial charge in [0.15, 0.2) is 0 Å². The molecule has 1 saturated carbocycles. The first kappa shape index (κ1) is 14.4. The SMILES string of the molecule is Cc1ccc(-c2nnc(C(C)Sc3n[nH]c(C4CC4)n3)o2)cc1. The van der Waals surface area contributed by atoms with Gasteiger partial charge in [-0.15, -0.1) is 15.3 Å². The number of benzene rings is 1. The van der Waals surface area contributed by atoms with E-state index in [2.05, 4.69) is 32.3 Å². The summed E-state index contributed by atoms with van der Waals surface area (Å²) in [5, 5.41) is 16.3. The molecule has 0 radical (unpaired) electrons. The van der Waals surface area contributed by atoms with Crippen molar-refractivity contribution >= 4 is 11.8 Å². The minimum atomic E-state index is 0.00421. The minimum Gasteiger partial charge on any atom is -0.419 e. The number of H-pyrrole nitrogens is 1. The van der Waals surface area contributed by atoms with E-state index in [9.17, 15) is 0 Å². The van der Waals surface area contributed by atoms with E-state index in [4.69, 9.17) is 4.42 Å². The molecule has 2 heterocycles. The molecule has 1 aliphatic carbocycles. The Bertz CT molecular complexity index is 806. The summed E-state index contributed by atoms with van der Waals surface area (Å²) in [6.07, 6.45) is 2.41. The average Bonchev–Trinajstić information content (AvgIpc) is 3.10. The summed E-state index contributed by atoms with van der Waals surface area (Å²) in [5.74, 6) is 2.69. The van der Waals surface area contributed by atoms with Gasteiger partial charge < -0.3 is 4.42 Å². The summed E-state index contributed by atoms with van der Waals surface area (Å²) >= 11 is 1.52. The smallest absolute Gasteiger partial charge is 0.247 e. The Morgan fingerprint density at radius 2 is 2.00 bits per heavy atom. The second-order valence-corrected chi connectivity index (χ2v) is 7.16. The molecule has 0 aliphatic heterocycles. The highest BCUT2D eigenvalue weighted by Gasteiger charge is 2.28. The van der Waals surface area contributed by atoms with Crippen molar-refractivity contribution in [2.24, 2.45) is 0 Å². The van der Waals surface area contributed by atoms with Crippen LogP contribution in [0, 0.1) is 6.92 Å². The van der Waals surface area contributed by atoms with Gasteiger partial charge in [-0.2, -0.15) is 0 Å². The predicted molar refractivity (Wildman–Crippen MR) is 87.1 cm³/mol. The van der Waals surface area contributed by atoms with Crippen LogP contribution in [0.1, 0.15) is 48.2 Å². The Labute approximate surface area is 138 Å². The maximum Gasteiger partial charge on any atom is 0.247 e. The van der Waals surface area contributed by atoms with Crippen molar-refractivity contribution in [2.75, 3.05) is 0 Å². The summed E-state index contributed by atoms with van der Waals surface area (Å²) in [4.78, 5) is 4.52. The third kappa shape index (κ3) is 3.14. The molecule has 4 rings (SSSR count). The average molecular weight is 327 g/mol. The first-order valence-electron chi connectivity index (χ1n) is 7.68. The largest absolute Gasteiger partial charge is 0.419 e. The first-order chi connectivity index (χ1) is 11.2. The normalized spacial score (nSPS) is 15.7. The maximum atomic E-state index is 5.80. The summed E-state index contributed by atoms with van der Waals surface area (Å²) in [6.45, 7) is 4.07. The van der Waals surface area contributed by atoms with Gasteiger partial charge in [0.25, 0.3) is 0 Å². The number of rotatable bonds is 5. The summed E-state index contributed by atoms with van der Waals surface area (Å²) in [5.41, 5.74) is 2.13. The second kappa shape index (κ2) is 5.81. The molecule has 1 aliphatic rings. The Morgan fingerprint density at radius 3 is 2.74 bits per heavy atom. The lowest BCUT2D eigenvalue weighted by atomic mass is 10.1. The van der Waals surface area contributed by atoms with Crippen LogP contribution < -0.4 is 0 Å². The standard InChI is InChI=1S/C16H17N5OS/c1-9-3-5-12(6-4-9)15-20-19-14(22-15)10(2)23-16-17-13(18-21-16)11-7-8-11/h3-6,10-11H,7-8H2,1-2H3,(H,17,18,21). The van der Waals surface area contributed by atoms with Crippen LogP contribution in [0.25, 0.3) is 11.5 Å². The molecule has 2 aromatic heterocycles. The number of aryl methyl sites for hydroxylation is 1. The van der Waals surface area contributed by atoms with Crippen molar-refractivity contribution in [1.29, 1.82) is 0 Å². The summed E-state index contributed by atoms with van der Waals surface area (Å²) < 4.78 is 5.80. The van der Waals surface area contributed by atoms with Gasteiger partial charge in [0.05, 0.1) is 5.25 Å². The van der Waals surface area contributed by atoms with E-state index in [1.807, 2.05) is 31.2 Å². The van der Waals surface area contributed by atoms with E-state index in [0.29, 0.717) is 17.7 Å². The van der Waals surface area contributed by atoms with E-state index in [1.165, 1.54) is 30.2 Å².